The summed E-state index contributed by atoms with van der Waals surface area (Å²) < 4.78 is 18.7. The average molecular weight is 393 g/mol. The maximum atomic E-state index is 13.1. The molecule has 0 radical (unpaired) electrons. The van der Waals surface area contributed by atoms with Gasteiger partial charge in [-0.1, -0.05) is 0 Å². The lowest BCUT2D eigenvalue weighted by Crippen LogP contribution is -2.40. The molecule has 1 fully saturated rings. The highest BCUT2D eigenvalue weighted by Crippen LogP contribution is 2.24. The van der Waals surface area contributed by atoms with E-state index in [0.29, 0.717) is 9.13 Å². The second-order valence-corrected chi connectivity index (χ2v) is 5.69. The van der Waals surface area contributed by atoms with E-state index in [0.717, 1.165) is 0 Å². The van der Waals surface area contributed by atoms with Gasteiger partial charge in [-0.25, -0.2) is 9.18 Å². The molecule has 1 N–H and O–H groups in total. The lowest BCUT2D eigenvalue weighted by molar-refractivity contribution is -0.141. The first-order valence-electron chi connectivity index (χ1n) is 5.95. The number of ether oxygens (including phenoxy) is 1. The molecule has 0 aromatic heterocycles. The number of carboxylic acids is 1. The van der Waals surface area contributed by atoms with Crippen molar-refractivity contribution < 1.29 is 23.8 Å². The third kappa shape index (κ3) is 2.93. The number of carboxylic acid groups (broad SMARTS) is 1. The van der Waals surface area contributed by atoms with Gasteiger partial charge in [-0.15, -0.1) is 0 Å². The van der Waals surface area contributed by atoms with E-state index in [9.17, 15) is 19.1 Å². The summed E-state index contributed by atoms with van der Waals surface area (Å²) in [6.45, 7) is 0.222. The Hall–Kier alpha value is -1.22. The van der Waals surface area contributed by atoms with Crippen molar-refractivity contribution in [2.75, 3.05) is 13.7 Å². The van der Waals surface area contributed by atoms with Crippen molar-refractivity contribution in [2.45, 2.75) is 18.6 Å². The molecule has 1 aromatic carbocycles. The highest BCUT2D eigenvalue weighted by Gasteiger charge is 2.40. The number of hydrogen-bond acceptors (Lipinski definition) is 3. The van der Waals surface area contributed by atoms with Crippen LogP contribution in [0.2, 0.25) is 0 Å². The number of methoxy groups -OCH3 is 1. The number of nitrogens with zero attached hydrogens (tertiary/aromatic N) is 1. The third-order valence-electron chi connectivity index (χ3n) is 3.30. The van der Waals surface area contributed by atoms with Gasteiger partial charge >= 0.3 is 5.97 Å². The molecule has 0 spiro atoms. The Bertz CT molecular complexity index is 551. The van der Waals surface area contributed by atoms with Crippen LogP contribution in [0.3, 0.4) is 0 Å². The summed E-state index contributed by atoms with van der Waals surface area (Å²) in [5, 5.41) is 9.19. The monoisotopic (exact) mass is 393 g/mol. The fraction of sp³-hybridized carbons (Fsp3) is 0.385. The summed E-state index contributed by atoms with van der Waals surface area (Å²) in [5.41, 5.74) is 0.301. The Labute approximate surface area is 128 Å². The number of aliphatic carboxylic acids is 1. The topological polar surface area (TPSA) is 66.8 Å². The number of hydrogen-bond donors (Lipinski definition) is 1. The van der Waals surface area contributed by atoms with E-state index < -0.39 is 23.7 Å². The number of carbonyl (C=O) groups is 2. The molecular formula is C13H13FINO4. The highest BCUT2D eigenvalue weighted by atomic mass is 127. The van der Waals surface area contributed by atoms with Gasteiger partial charge in [0.05, 0.1) is 11.7 Å². The molecule has 1 heterocycles. The molecule has 2 unspecified atom stereocenters. The zero-order chi connectivity index (χ0) is 14.9. The minimum atomic E-state index is -1.06. The van der Waals surface area contributed by atoms with Crippen molar-refractivity contribution in [3.8, 4) is 0 Å². The summed E-state index contributed by atoms with van der Waals surface area (Å²) in [7, 11) is 1.49. The van der Waals surface area contributed by atoms with Gasteiger partial charge < -0.3 is 14.7 Å². The second kappa shape index (κ2) is 6.04. The van der Waals surface area contributed by atoms with Gasteiger partial charge in [-0.3, -0.25) is 4.79 Å². The minimum Gasteiger partial charge on any atom is -0.480 e. The van der Waals surface area contributed by atoms with Gasteiger partial charge in [0.2, 0.25) is 0 Å². The lowest BCUT2D eigenvalue weighted by Gasteiger charge is -2.21. The van der Waals surface area contributed by atoms with Crippen molar-refractivity contribution in [3.63, 3.8) is 0 Å². The van der Waals surface area contributed by atoms with Crippen LogP contribution < -0.4 is 0 Å². The van der Waals surface area contributed by atoms with Crippen LogP contribution >= 0.6 is 22.6 Å². The smallest absolute Gasteiger partial charge is 0.326 e. The Morgan fingerprint density at radius 1 is 1.50 bits per heavy atom. The molecule has 1 aromatic rings. The largest absolute Gasteiger partial charge is 0.480 e. The molecule has 1 saturated heterocycles. The molecule has 2 rings (SSSR count). The van der Waals surface area contributed by atoms with Crippen LogP contribution in [-0.2, 0) is 9.53 Å². The zero-order valence-corrected chi connectivity index (χ0v) is 12.8. The van der Waals surface area contributed by atoms with Gasteiger partial charge in [-0.2, -0.15) is 0 Å². The molecule has 7 heteroatoms. The van der Waals surface area contributed by atoms with E-state index in [-0.39, 0.29) is 19.1 Å². The number of amides is 1. The number of carbonyl (C=O) groups excluding carboxylic acids is 1. The maximum absolute atomic E-state index is 13.1. The SMILES string of the molecule is COC1CC(C(=O)O)N(C(=O)c2ccc(F)cc2I)C1. The normalized spacial score (nSPS) is 22.1. The quantitative estimate of drug-likeness (QED) is 0.795. The van der Waals surface area contributed by atoms with Gasteiger partial charge in [0.1, 0.15) is 11.9 Å². The van der Waals surface area contributed by atoms with Gasteiger partial charge in [0.15, 0.2) is 0 Å². The molecule has 1 aliphatic heterocycles. The van der Waals surface area contributed by atoms with Crippen LogP contribution in [0.5, 0.6) is 0 Å². The van der Waals surface area contributed by atoms with E-state index in [2.05, 4.69) is 0 Å². The predicted molar refractivity (Wildman–Crippen MR) is 77.0 cm³/mol. The van der Waals surface area contributed by atoms with Crippen LogP contribution in [0.1, 0.15) is 16.8 Å². The molecule has 0 aliphatic carbocycles. The number of halogens is 2. The molecule has 2 atom stereocenters. The molecule has 108 valence electrons. The van der Waals surface area contributed by atoms with Crippen LogP contribution in [0, 0.1) is 9.39 Å². The fourth-order valence-corrected chi connectivity index (χ4v) is 2.95. The van der Waals surface area contributed by atoms with Crippen molar-refractivity contribution in [3.05, 3.63) is 33.1 Å². The van der Waals surface area contributed by atoms with Crippen LogP contribution in [0.15, 0.2) is 18.2 Å². The van der Waals surface area contributed by atoms with Crippen LogP contribution in [0.25, 0.3) is 0 Å². The molecule has 1 amide bonds. The van der Waals surface area contributed by atoms with Crippen LogP contribution in [0.4, 0.5) is 4.39 Å². The van der Waals surface area contributed by atoms with E-state index in [1.807, 2.05) is 22.6 Å². The van der Waals surface area contributed by atoms with Gasteiger partial charge in [0.25, 0.3) is 5.91 Å². The van der Waals surface area contributed by atoms with Crippen molar-refractivity contribution in [1.82, 2.24) is 4.90 Å². The summed E-state index contributed by atoms with van der Waals surface area (Å²) in [5.74, 6) is -1.91. The van der Waals surface area contributed by atoms with Gasteiger partial charge in [-0.05, 0) is 40.8 Å². The molecule has 0 saturated carbocycles. The third-order valence-corrected chi connectivity index (χ3v) is 4.20. The molecular weight excluding hydrogens is 380 g/mol. The van der Waals surface area contributed by atoms with E-state index in [1.165, 1.54) is 30.2 Å². The molecule has 20 heavy (non-hydrogen) atoms. The van der Waals surface area contributed by atoms with Crippen molar-refractivity contribution >= 4 is 34.5 Å². The lowest BCUT2D eigenvalue weighted by atomic mass is 10.1. The summed E-state index contributed by atoms with van der Waals surface area (Å²) >= 11 is 1.86. The van der Waals surface area contributed by atoms with Crippen molar-refractivity contribution in [2.24, 2.45) is 0 Å². The Balaban J connectivity index is 2.29. The maximum Gasteiger partial charge on any atom is 0.326 e. The number of rotatable bonds is 3. The molecule has 1 aliphatic rings. The predicted octanol–water partition coefficient (Wildman–Crippen LogP) is 1.74. The van der Waals surface area contributed by atoms with E-state index >= 15 is 0 Å². The first-order valence-corrected chi connectivity index (χ1v) is 7.03. The summed E-state index contributed by atoms with van der Waals surface area (Å²) in [6.07, 6.45) is -0.0341. The Morgan fingerprint density at radius 2 is 2.20 bits per heavy atom. The number of likely N-dealkylation sites (tertiary alicyclic amines) is 1. The second-order valence-electron chi connectivity index (χ2n) is 4.53. The van der Waals surface area contributed by atoms with Crippen LogP contribution in [-0.4, -0.2) is 47.7 Å². The van der Waals surface area contributed by atoms with E-state index in [4.69, 9.17) is 4.74 Å². The number of benzene rings is 1. The highest BCUT2D eigenvalue weighted by molar-refractivity contribution is 14.1. The fourth-order valence-electron chi connectivity index (χ4n) is 2.24. The summed E-state index contributed by atoms with van der Waals surface area (Å²) in [6, 6.07) is 2.90. The average Bonchev–Trinajstić information content (AvgIpc) is 2.82. The van der Waals surface area contributed by atoms with Crippen molar-refractivity contribution in [1.29, 1.82) is 0 Å². The Kier molecular flexibility index (Phi) is 4.59. The zero-order valence-electron chi connectivity index (χ0n) is 10.7. The first-order chi connectivity index (χ1) is 9.43. The van der Waals surface area contributed by atoms with Gasteiger partial charge in [0, 0.05) is 23.6 Å². The first kappa shape index (κ1) is 15.2. The molecule has 5 nitrogen and oxygen atoms in total. The summed E-state index contributed by atoms with van der Waals surface area (Å²) in [4.78, 5) is 24.9. The van der Waals surface area contributed by atoms with E-state index in [1.54, 1.807) is 0 Å². The standard InChI is InChI=1S/C13H13FINO4/c1-20-8-5-11(13(18)19)16(6-8)12(17)9-3-2-7(14)4-10(9)15/h2-4,8,11H,5-6H2,1H3,(H,18,19). The Morgan fingerprint density at radius 3 is 2.75 bits per heavy atom. The molecule has 0 bridgehead atoms. The minimum absolute atomic E-state index is 0.222.